The van der Waals surface area contributed by atoms with Crippen LogP contribution in [0, 0.1) is 13.8 Å². The van der Waals surface area contributed by atoms with Crippen molar-refractivity contribution in [1.29, 1.82) is 0 Å². The number of hydrogen-bond donors (Lipinski definition) is 2. The molecule has 4 heteroatoms. The van der Waals surface area contributed by atoms with Crippen molar-refractivity contribution in [2.24, 2.45) is 5.73 Å². The zero-order valence-corrected chi connectivity index (χ0v) is 13.0. The molecule has 0 atom stereocenters. The van der Waals surface area contributed by atoms with Crippen molar-refractivity contribution < 1.29 is 9.53 Å². The molecule has 0 aromatic heterocycles. The van der Waals surface area contributed by atoms with Crippen molar-refractivity contribution in [3.63, 3.8) is 0 Å². The van der Waals surface area contributed by atoms with Crippen LogP contribution in [0.1, 0.15) is 37.8 Å². The molecule has 0 aliphatic rings. The normalized spacial score (nSPS) is 11.2. The molecular formula is C16H26N2O2. The fourth-order valence-corrected chi connectivity index (χ4v) is 1.93. The summed E-state index contributed by atoms with van der Waals surface area (Å²) in [4.78, 5) is 11.8. The van der Waals surface area contributed by atoms with Crippen LogP contribution in [0.15, 0.2) is 18.2 Å². The molecule has 0 saturated heterocycles. The lowest BCUT2D eigenvalue weighted by Crippen LogP contribution is -2.50. The Morgan fingerprint density at radius 3 is 2.50 bits per heavy atom. The van der Waals surface area contributed by atoms with Gasteiger partial charge in [0, 0.05) is 12.1 Å². The molecule has 1 aromatic carbocycles. The molecular weight excluding hydrogens is 252 g/mol. The Morgan fingerprint density at radius 1 is 1.30 bits per heavy atom. The van der Waals surface area contributed by atoms with Crippen LogP contribution in [0.5, 0.6) is 5.75 Å². The lowest BCUT2D eigenvalue weighted by Gasteiger charge is -2.26. The zero-order chi connectivity index (χ0) is 15.2. The van der Waals surface area contributed by atoms with Gasteiger partial charge in [0.05, 0.1) is 0 Å². The Morgan fingerprint density at radius 2 is 1.95 bits per heavy atom. The highest BCUT2D eigenvalue weighted by atomic mass is 16.5. The molecule has 0 spiro atoms. The van der Waals surface area contributed by atoms with Crippen molar-refractivity contribution in [1.82, 2.24) is 5.32 Å². The molecule has 0 aliphatic heterocycles. The quantitative estimate of drug-likeness (QED) is 0.804. The first-order chi connectivity index (χ1) is 9.40. The molecule has 112 valence electrons. The summed E-state index contributed by atoms with van der Waals surface area (Å²) in [5.74, 6) is 0.609. The third kappa shape index (κ3) is 4.85. The van der Waals surface area contributed by atoms with Crippen molar-refractivity contribution in [3.05, 3.63) is 29.3 Å². The van der Waals surface area contributed by atoms with E-state index < -0.39 is 0 Å². The Hall–Kier alpha value is -1.55. The monoisotopic (exact) mass is 278 g/mol. The smallest absolute Gasteiger partial charge is 0.258 e. The maximum Gasteiger partial charge on any atom is 0.258 e. The number of hydrogen-bond acceptors (Lipinski definition) is 3. The number of nitrogens with two attached hydrogens (primary N) is 1. The summed E-state index contributed by atoms with van der Waals surface area (Å²) >= 11 is 0. The lowest BCUT2D eigenvalue weighted by molar-refractivity contribution is -0.123. The van der Waals surface area contributed by atoms with Gasteiger partial charge in [-0.2, -0.15) is 0 Å². The molecule has 0 fully saturated rings. The standard InChI is InChI=1S/C16H26N2O2/c1-5-16(17,6-2)11-18-15(19)10-20-14-8-7-12(3)9-13(14)4/h7-9H,5-6,10-11,17H2,1-4H3,(H,18,19). The molecule has 1 rings (SSSR count). The highest BCUT2D eigenvalue weighted by molar-refractivity contribution is 5.77. The van der Waals surface area contributed by atoms with E-state index in [1.54, 1.807) is 0 Å². The van der Waals surface area contributed by atoms with E-state index in [4.69, 9.17) is 10.5 Å². The molecule has 0 saturated carbocycles. The maximum absolute atomic E-state index is 11.8. The molecule has 20 heavy (non-hydrogen) atoms. The van der Waals surface area contributed by atoms with Gasteiger partial charge in [0.15, 0.2) is 6.61 Å². The summed E-state index contributed by atoms with van der Waals surface area (Å²) in [5.41, 5.74) is 8.03. The van der Waals surface area contributed by atoms with Gasteiger partial charge in [-0.15, -0.1) is 0 Å². The molecule has 0 aliphatic carbocycles. The second-order valence-corrected chi connectivity index (χ2v) is 5.40. The molecule has 3 N–H and O–H groups in total. The van der Waals surface area contributed by atoms with Crippen LogP contribution >= 0.6 is 0 Å². The van der Waals surface area contributed by atoms with E-state index in [0.29, 0.717) is 6.54 Å². The molecule has 1 aromatic rings. The number of amides is 1. The summed E-state index contributed by atoms with van der Waals surface area (Å²) in [6, 6.07) is 5.90. The third-order valence-corrected chi connectivity index (χ3v) is 3.74. The Bertz CT molecular complexity index is 454. The summed E-state index contributed by atoms with van der Waals surface area (Å²) in [6.45, 7) is 8.56. The van der Waals surface area contributed by atoms with Gasteiger partial charge in [-0.3, -0.25) is 4.79 Å². The predicted molar refractivity (Wildman–Crippen MR) is 81.9 cm³/mol. The van der Waals surface area contributed by atoms with Crippen LogP contribution in [0.2, 0.25) is 0 Å². The number of carbonyl (C=O) groups excluding carboxylic acids is 1. The molecule has 4 nitrogen and oxygen atoms in total. The fraction of sp³-hybridized carbons (Fsp3) is 0.562. The number of aryl methyl sites for hydroxylation is 2. The Kier molecular flexibility index (Phi) is 6.02. The van der Waals surface area contributed by atoms with Gasteiger partial charge >= 0.3 is 0 Å². The van der Waals surface area contributed by atoms with Gasteiger partial charge in [0.25, 0.3) is 5.91 Å². The molecule has 0 unspecified atom stereocenters. The topological polar surface area (TPSA) is 64.3 Å². The van der Waals surface area contributed by atoms with Crippen LogP contribution in [-0.4, -0.2) is 24.6 Å². The van der Waals surface area contributed by atoms with Gasteiger partial charge in [0.1, 0.15) is 5.75 Å². The highest BCUT2D eigenvalue weighted by Crippen LogP contribution is 2.18. The number of ether oxygens (including phenoxy) is 1. The Balaban J connectivity index is 2.44. The van der Waals surface area contributed by atoms with Crippen LogP contribution in [-0.2, 0) is 4.79 Å². The SMILES string of the molecule is CCC(N)(CC)CNC(=O)COc1ccc(C)cc1C. The van der Waals surface area contributed by atoms with Crippen molar-refractivity contribution in [2.75, 3.05) is 13.2 Å². The molecule has 0 radical (unpaired) electrons. The number of rotatable bonds is 7. The van der Waals surface area contributed by atoms with E-state index in [-0.39, 0.29) is 18.1 Å². The van der Waals surface area contributed by atoms with Gasteiger partial charge in [0.2, 0.25) is 0 Å². The molecule has 0 bridgehead atoms. The second-order valence-electron chi connectivity index (χ2n) is 5.40. The fourth-order valence-electron chi connectivity index (χ4n) is 1.93. The average Bonchev–Trinajstić information content (AvgIpc) is 2.44. The summed E-state index contributed by atoms with van der Waals surface area (Å²) in [6.07, 6.45) is 1.67. The van der Waals surface area contributed by atoms with Crippen molar-refractivity contribution in [2.45, 2.75) is 46.1 Å². The average molecular weight is 278 g/mol. The first kappa shape index (κ1) is 16.5. The minimum absolute atomic E-state index is 0.0212. The minimum Gasteiger partial charge on any atom is -0.484 e. The lowest BCUT2D eigenvalue weighted by atomic mass is 9.94. The largest absolute Gasteiger partial charge is 0.484 e. The van der Waals surface area contributed by atoms with Gasteiger partial charge < -0.3 is 15.8 Å². The van der Waals surface area contributed by atoms with Crippen LogP contribution in [0.3, 0.4) is 0 Å². The van der Waals surface area contributed by atoms with Crippen LogP contribution in [0.4, 0.5) is 0 Å². The first-order valence-electron chi connectivity index (χ1n) is 7.16. The summed E-state index contributed by atoms with van der Waals surface area (Å²) in [5, 5.41) is 2.84. The predicted octanol–water partition coefficient (Wildman–Crippen LogP) is 2.32. The number of carbonyl (C=O) groups is 1. The third-order valence-electron chi connectivity index (χ3n) is 3.74. The van der Waals surface area contributed by atoms with Gasteiger partial charge in [-0.05, 0) is 38.3 Å². The number of nitrogens with one attached hydrogen (secondary N) is 1. The van der Waals surface area contributed by atoms with E-state index in [1.165, 1.54) is 5.56 Å². The van der Waals surface area contributed by atoms with Crippen LogP contribution in [0.25, 0.3) is 0 Å². The van der Waals surface area contributed by atoms with Crippen molar-refractivity contribution >= 4 is 5.91 Å². The second kappa shape index (κ2) is 7.29. The first-order valence-corrected chi connectivity index (χ1v) is 7.16. The maximum atomic E-state index is 11.8. The number of benzene rings is 1. The van der Waals surface area contributed by atoms with Gasteiger partial charge in [-0.25, -0.2) is 0 Å². The van der Waals surface area contributed by atoms with E-state index in [0.717, 1.165) is 24.2 Å². The highest BCUT2D eigenvalue weighted by Gasteiger charge is 2.20. The van der Waals surface area contributed by atoms with Crippen LogP contribution < -0.4 is 15.8 Å². The van der Waals surface area contributed by atoms with Crippen molar-refractivity contribution in [3.8, 4) is 5.75 Å². The van der Waals surface area contributed by atoms with E-state index in [2.05, 4.69) is 5.32 Å². The molecule has 1 amide bonds. The van der Waals surface area contributed by atoms with E-state index in [1.807, 2.05) is 45.9 Å². The van der Waals surface area contributed by atoms with E-state index in [9.17, 15) is 4.79 Å². The van der Waals surface area contributed by atoms with E-state index >= 15 is 0 Å². The summed E-state index contributed by atoms with van der Waals surface area (Å²) < 4.78 is 5.53. The molecule has 0 heterocycles. The van der Waals surface area contributed by atoms with Gasteiger partial charge in [-0.1, -0.05) is 31.5 Å². The minimum atomic E-state index is -0.324. The summed E-state index contributed by atoms with van der Waals surface area (Å²) in [7, 11) is 0. The Labute approximate surface area is 121 Å². The zero-order valence-electron chi connectivity index (χ0n) is 13.0.